The van der Waals surface area contributed by atoms with E-state index in [4.69, 9.17) is 14.3 Å². The molecule has 0 saturated carbocycles. The zero-order valence-electron chi connectivity index (χ0n) is 9.71. The lowest BCUT2D eigenvalue weighted by Gasteiger charge is -2.28. The van der Waals surface area contributed by atoms with Crippen molar-refractivity contribution in [1.29, 1.82) is 0 Å². The van der Waals surface area contributed by atoms with Gasteiger partial charge in [0.05, 0.1) is 18.9 Å². The molecule has 5 heteroatoms. The highest BCUT2D eigenvalue weighted by Crippen LogP contribution is 2.28. The van der Waals surface area contributed by atoms with E-state index in [1.54, 1.807) is 19.2 Å². The maximum Gasteiger partial charge on any atom is 0.407 e. The van der Waals surface area contributed by atoms with Gasteiger partial charge in [0.1, 0.15) is 5.76 Å². The fraction of sp³-hybridized carbons (Fsp3) is 0.545. The van der Waals surface area contributed by atoms with Crippen LogP contribution in [0, 0.1) is 5.92 Å². The maximum atomic E-state index is 11.0. The fourth-order valence-corrected chi connectivity index (χ4v) is 1.79. The summed E-state index contributed by atoms with van der Waals surface area (Å²) in [6.45, 7) is 2.40. The topological polar surface area (TPSA) is 62.9 Å². The molecule has 1 aromatic heterocycles. The van der Waals surface area contributed by atoms with Crippen LogP contribution in [0.2, 0.25) is 0 Å². The van der Waals surface area contributed by atoms with Crippen LogP contribution < -0.4 is 0 Å². The molecule has 2 atom stereocenters. The molecule has 5 nitrogen and oxygen atoms in total. The first kappa shape index (κ1) is 12.6. The van der Waals surface area contributed by atoms with E-state index in [-0.39, 0.29) is 12.0 Å². The van der Waals surface area contributed by atoms with E-state index in [1.807, 2.05) is 6.92 Å². The van der Waals surface area contributed by atoms with Crippen LogP contribution >= 0.6 is 0 Å². The molecule has 0 unspecified atom stereocenters. The highest BCUT2D eigenvalue weighted by molar-refractivity contribution is 5.65. The number of carbonyl (C=O) groups is 1. The van der Waals surface area contributed by atoms with Gasteiger partial charge in [-0.3, -0.25) is 0 Å². The van der Waals surface area contributed by atoms with Crippen molar-refractivity contribution in [1.82, 2.24) is 4.90 Å². The van der Waals surface area contributed by atoms with Gasteiger partial charge >= 0.3 is 6.09 Å². The predicted molar refractivity (Wildman–Crippen MR) is 58.3 cm³/mol. The van der Waals surface area contributed by atoms with E-state index in [9.17, 15) is 4.79 Å². The van der Waals surface area contributed by atoms with Gasteiger partial charge < -0.3 is 19.2 Å². The molecule has 1 N–H and O–H groups in total. The molecule has 0 aromatic carbocycles. The molecule has 0 aliphatic rings. The Morgan fingerprint density at radius 3 is 2.81 bits per heavy atom. The van der Waals surface area contributed by atoms with Crippen LogP contribution in [-0.4, -0.2) is 36.9 Å². The van der Waals surface area contributed by atoms with E-state index < -0.39 is 6.09 Å². The number of rotatable bonds is 5. The number of carboxylic acid groups (broad SMARTS) is 1. The molecule has 0 bridgehead atoms. The smallest absolute Gasteiger partial charge is 0.407 e. The average Bonchev–Trinajstić information content (AvgIpc) is 2.71. The van der Waals surface area contributed by atoms with Crippen LogP contribution in [0.15, 0.2) is 22.8 Å². The third-order valence-electron chi connectivity index (χ3n) is 2.52. The van der Waals surface area contributed by atoms with E-state index in [1.165, 1.54) is 18.2 Å². The van der Waals surface area contributed by atoms with Gasteiger partial charge in [-0.15, -0.1) is 0 Å². The Balaban J connectivity index is 2.89. The second-order valence-corrected chi connectivity index (χ2v) is 3.79. The summed E-state index contributed by atoms with van der Waals surface area (Å²) in [5.41, 5.74) is 0. The molecular formula is C11H17NO4. The first-order valence-electron chi connectivity index (χ1n) is 5.06. The van der Waals surface area contributed by atoms with Gasteiger partial charge in [0, 0.05) is 20.1 Å². The van der Waals surface area contributed by atoms with Crippen molar-refractivity contribution in [3.05, 3.63) is 24.2 Å². The van der Waals surface area contributed by atoms with E-state index in [2.05, 4.69) is 0 Å². The Morgan fingerprint density at radius 2 is 2.38 bits per heavy atom. The molecule has 16 heavy (non-hydrogen) atoms. The van der Waals surface area contributed by atoms with E-state index >= 15 is 0 Å². The summed E-state index contributed by atoms with van der Waals surface area (Å²) in [7, 11) is 3.12. The standard InChI is InChI=1S/C11H17NO4/c1-8(7-15-3)10(12(2)11(13)14)9-5-4-6-16-9/h4-6,8,10H,7H2,1-3H3,(H,13,14)/t8-,10-/m0/s1. The van der Waals surface area contributed by atoms with Crippen LogP contribution in [0.4, 0.5) is 4.79 Å². The monoisotopic (exact) mass is 227 g/mol. The SMILES string of the molecule is COC[C@H](C)[C@@H](c1ccco1)N(C)C(=O)O. The molecule has 0 spiro atoms. The van der Waals surface area contributed by atoms with Crippen molar-refractivity contribution in [3.8, 4) is 0 Å². The van der Waals surface area contributed by atoms with Gasteiger partial charge in [-0.2, -0.15) is 0 Å². The summed E-state index contributed by atoms with van der Waals surface area (Å²) in [6.07, 6.45) is 0.557. The Hall–Kier alpha value is -1.49. The first-order valence-corrected chi connectivity index (χ1v) is 5.06. The summed E-state index contributed by atoms with van der Waals surface area (Å²) < 4.78 is 10.3. The molecule has 1 heterocycles. The predicted octanol–water partition coefficient (Wildman–Crippen LogP) is 2.21. The normalized spacial score (nSPS) is 14.4. The Morgan fingerprint density at radius 1 is 1.69 bits per heavy atom. The molecule has 0 aliphatic carbocycles. The van der Waals surface area contributed by atoms with Crippen molar-refractivity contribution >= 4 is 6.09 Å². The molecule has 0 fully saturated rings. The van der Waals surface area contributed by atoms with Crippen LogP contribution in [0.25, 0.3) is 0 Å². The summed E-state index contributed by atoms with van der Waals surface area (Å²) in [4.78, 5) is 12.2. The minimum atomic E-state index is -0.982. The van der Waals surface area contributed by atoms with Gasteiger partial charge in [-0.25, -0.2) is 4.79 Å². The van der Waals surface area contributed by atoms with Crippen molar-refractivity contribution in [2.45, 2.75) is 13.0 Å². The lowest BCUT2D eigenvalue weighted by Crippen LogP contribution is -2.34. The summed E-state index contributed by atoms with van der Waals surface area (Å²) >= 11 is 0. The van der Waals surface area contributed by atoms with Gasteiger partial charge in [-0.05, 0) is 12.1 Å². The second-order valence-electron chi connectivity index (χ2n) is 3.79. The third-order valence-corrected chi connectivity index (χ3v) is 2.52. The number of hydrogen-bond acceptors (Lipinski definition) is 3. The summed E-state index contributed by atoms with van der Waals surface area (Å²) in [5, 5.41) is 9.01. The van der Waals surface area contributed by atoms with Crippen molar-refractivity contribution < 1.29 is 19.1 Å². The minimum Gasteiger partial charge on any atom is -0.467 e. The van der Waals surface area contributed by atoms with Crippen LogP contribution in [0.3, 0.4) is 0 Å². The van der Waals surface area contributed by atoms with Crippen LogP contribution in [0.1, 0.15) is 18.7 Å². The quantitative estimate of drug-likeness (QED) is 0.837. The Kier molecular flexibility index (Phi) is 4.37. The second kappa shape index (κ2) is 5.55. The number of ether oxygens (including phenoxy) is 1. The molecule has 0 saturated heterocycles. The maximum absolute atomic E-state index is 11.0. The first-order chi connectivity index (χ1) is 7.57. The highest BCUT2D eigenvalue weighted by atomic mass is 16.5. The van der Waals surface area contributed by atoms with Gasteiger partial charge in [0.25, 0.3) is 0 Å². The van der Waals surface area contributed by atoms with Gasteiger partial charge in [0.15, 0.2) is 0 Å². The van der Waals surface area contributed by atoms with Crippen molar-refractivity contribution in [3.63, 3.8) is 0 Å². The molecule has 0 radical (unpaired) electrons. The molecule has 1 aromatic rings. The molecule has 90 valence electrons. The zero-order chi connectivity index (χ0) is 12.1. The van der Waals surface area contributed by atoms with Gasteiger partial charge in [0.2, 0.25) is 0 Å². The number of amides is 1. The highest BCUT2D eigenvalue weighted by Gasteiger charge is 2.29. The number of hydrogen-bond donors (Lipinski definition) is 1. The summed E-state index contributed by atoms with van der Waals surface area (Å²) in [6, 6.07) is 3.20. The van der Waals surface area contributed by atoms with E-state index in [0.717, 1.165) is 0 Å². The lowest BCUT2D eigenvalue weighted by atomic mass is 9.99. The number of methoxy groups -OCH3 is 1. The van der Waals surface area contributed by atoms with Crippen LogP contribution in [-0.2, 0) is 4.74 Å². The molecular weight excluding hydrogens is 210 g/mol. The van der Waals surface area contributed by atoms with Crippen molar-refractivity contribution in [2.75, 3.05) is 20.8 Å². The lowest BCUT2D eigenvalue weighted by molar-refractivity contribution is 0.0771. The van der Waals surface area contributed by atoms with Gasteiger partial charge in [-0.1, -0.05) is 6.92 Å². The Labute approximate surface area is 94.6 Å². The molecule has 0 aliphatic heterocycles. The largest absolute Gasteiger partial charge is 0.467 e. The number of furan rings is 1. The van der Waals surface area contributed by atoms with E-state index in [0.29, 0.717) is 12.4 Å². The molecule has 1 rings (SSSR count). The van der Waals surface area contributed by atoms with Crippen LogP contribution in [0.5, 0.6) is 0 Å². The third kappa shape index (κ3) is 2.76. The average molecular weight is 227 g/mol. The summed E-state index contributed by atoms with van der Waals surface area (Å²) in [5.74, 6) is 0.659. The van der Waals surface area contributed by atoms with Crippen molar-refractivity contribution in [2.24, 2.45) is 5.92 Å². The Bertz CT molecular complexity index is 323. The number of nitrogens with zero attached hydrogens (tertiary/aromatic N) is 1. The molecule has 1 amide bonds. The minimum absolute atomic E-state index is 0.0252. The zero-order valence-corrected chi connectivity index (χ0v) is 9.71. The fourth-order valence-electron chi connectivity index (χ4n) is 1.79.